The third-order valence-corrected chi connectivity index (χ3v) is 8.71. The highest BCUT2D eigenvalue weighted by Crippen LogP contribution is 2.28. The zero-order chi connectivity index (χ0) is 22.8. The quantitative estimate of drug-likeness (QED) is 0.592. The van der Waals surface area contributed by atoms with Crippen LogP contribution in [0.5, 0.6) is 0 Å². The fourth-order valence-electron chi connectivity index (χ4n) is 4.97. The second kappa shape index (κ2) is 9.27. The summed E-state index contributed by atoms with van der Waals surface area (Å²) in [7, 11) is -3.70. The van der Waals surface area contributed by atoms with Gasteiger partial charge in [0, 0.05) is 24.7 Å². The molecule has 0 bridgehead atoms. The molecular formula is C25H30N4O3S. The molecule has 1 saturated carbocycles. The van der Waals surface area contributed by atoms with Gasteiger partial charge in [0.1, 0.15) is 5.82 Å². The zero-order valence-electron chi connectivity index (χ0n) is 18.7. The lowest BCUT2D eigenvalue weighted by atomic mass is 9.93. The maximum absolute atomic E-state index is 13.4. The highest BCUT2D eigenvalue weighted by atomic mass is 32.2. The van der Waals surface area contributed by atoms with Gasteiger partial charge in [-0.05, 0) is 43.9 Å². The molecular weight excluding hydrogens is 436 g/mol. The summed E-state index contributed by atoms with van der Waals surface area (Å²) < 4.78 is 28.3. The number of aromatic nitrogens is 2. The van der Waals surface area contributed by atoms with Crippen LogP contribution in [0.3, 0.4) is 0 Å². The largest absolute Gasteiger partial charge is 0.353 e. The molecule has 7 nitrogen and oxygen atoms in total. The number of sulfonamides is 1. The monoisotopic (exact) mass is 466 g/mol. The third kappa shape index (κ3) is 4.68. The molecule has 33 heavy (non-hydrogen) atoms. The highest BCUT2D eigenvalue weighted by molar-refractivity contribution is 7.89. The van der Waals surface area contributed by atoms with E-state index in [0.717, 1.165) is 43.2 Å². The van der Waals surface area contributed by atoms with Gasteiger partial charge in [0.25, 0.3) is 0 Å². The normalized spacial score (nSPS) is 20.7. The first-order valence-electron chi connectivity index (χ1n) is 11.9. The number of nitrogens with zero attached hydrogens (tertiary/aromatic N) is 2. The molecule has 2 aliphatic rings. The van der Waals surface area contributed by atoms with Crippen molar-refractivity contribution >= 4 is 27.0 Å². The summed E-state index contributed by atoms with van der Waals surface area (Å²) in [6.45, 7) is 0.670. The van der Waals surface area contributed by atoms with Gasteiger partial charge in [-0.15, -0.1) is 0 Å². The predicted molar refractivity (Wildman–Crippen MR) is 128 cm³/mol. The second-order valence-electron chi connectivity index (χ2n) is 9.18. The smallest absolute Gasteiger partial charge is 0.243 e. The average molecular weight is 467 g/mol. The minimum absolute atomic E-state index is 0.00155. The maximum atomic E-state index is 13.4. The van der Waals surface area contributed by atoms with E-state index in [0.29, 0.717) is 24.3 Å². The van der Waals surface area contributed by atoms with Gasteiger partial charge in [-0.2, -0.15) is 4.31 Å². The van der Waals surface area contributed by atoms with Gasteiger partial charge in [-0.1, -0.05) is 49.6 Å². The van der Waals surface area contributed by atoms with Gasteiger partial charge >= 0.3 is 0 Å². The lowest BCUT2D eigenvalue weighted by molar-refractivity contribution is -0.127. The molecule has 8 heteroatoms. The molecule has 2 heterocycles. The van der Waals surface area contributed by atoms with E-state index in [2.05, 4.69) is 15.3 Å². The molecule has 1 atom stereocenters. The number of carbonyl (C=O) groups is 1. The number of benzene rings is 2. The van der Waals surface area contributed by atoms with Crippen LogP contribution in [0.2, 0.25) is 0 Å². The first kappa shape index (κ1) is 22.1. The van der Waals surface area contributed by atoms with Crippen molar-refractivity contribution in [2.24, 2.45) is 5.92 Å². The maximum Gasteiger partial charge on any atom is 0.243 e. The van der Waals surface area contributed by atoms with Crippen molar-refractivity contribution in [3.05, 3.63) is 48.5 Å². The first-order valence-corrected chi connectivity index (χ1v) is 13.3. The first-order chi connectivity index (χ1) is 16.0. The van der Waals surface area contributed by atoms with Crippen LogP contribution in [0.15, 0.2) is 53.4 Å². The fraction of sp³-hybridized carbons (Fsp3) is 0.440. The van der Waals surface area contributed by atoms with E-state index in [1.807, 2.05) is 30.3 Å². The Balaban J connectivity index is 1.33. The summed E-state index contributed by atoms with van der Waals surface area (Å²) in [5.74, 6) is 0.409. The standard InChI is InChI=1S/C25H30N4O3S/c30-25(26-20-11-5-2-6-12-20)19-10-7-15-29(17-19)33(31,32)21-13-14-22-23(16-21)28-24(27-22)18-8-3-1-4-9-18/h1,3-4,8-9,13-14,16,19-20H,2,5-7,10-12,15,17H2,(H,26,30)(H,27,28). The summed E-state index contributed by atoms with van der Waals surface area (Å²) in [6, 6.07) is 15.0. The lowest BCUT2D eigenvalue weighted by Crippen LogP contribution is -2.47. The highest BCUT2D eigenvalue weighted by Gasteiger charge is 2.34. The Morgan fingerprint density at radius 3 is 2.58 bits per heavy atom. The van der Waals surface area contributed by atoms with Crippen LogP contribution >= 0.6 is 0 Å². The molecule has 174 valence electrons. The van der Waals surface area contributed by atoms with Crippen molar-refractivity contribution in [1.29, 1.82) is 0 Å². The Morgan fingerprint density at radius 2 is 1.79 bits per heavy atom. The molecule has 0 radical (unpaired) electrons. The number of H-pyrrole nitrogens is 1. The number of rotatable bonds is 5. The Hall–Kier alpha value is -2.71. The third-order valence-electron chi connectivity index (χ3n) is 6.84. The molecule has 2 N–H and O–H groups in total. The summed E-state index contributed by atoms with van der Waals surface area (Å²) in [4.78, 5) is 20.9. The number of hydrogen-bond donors (Lipinski definition) is 2. The molecule has 1 aromatic heterocycles. The van der Waals surface area contributed by atoms with Crippen LogP contribution in [0, 0.1) is 5.92 Å². The van der Waals surface area contributed by atoms with Gasteiger partial charge in [0.2, 0.25) is 15.9 Å². The second-order valence-corrected chi connectivity index (χ2v) is 11.1. The SMILES string of the molecule is O=C(NC1CCCCC1)C1CCCN(S(=O)(=O)c2ccc3nc(-c4ccccc4)[nH]c3c2)C1. The van der Waals surface area contributed by atoms with E-state index in [-0.39, 0.29) is 29.3 Å². The molecule has 5 rings (SSSR count). The van der Waals surface area contributed by atoms with E-state index in [1.165, 1.54) is 10.7 Å². The molecule has 1 aliphatic heterocycles. The van der Waals surface area contributed by atoms with E-state index in [4.69, 9.17) is 0 Å². The van der Waals surface area contributed by atoms with Crippen molar-refractivity contribution in [2.45, 2.75) is 55.9 Å². The van der Waals surface area contributed by atoms with Crippen LogP contribution in [0.25, 0.3) is 22.4 Å². The molecule has 0 spiro atoms. The minimum atomic E-state index is -3.70. The number of nitrogens with one attached hydrogen (secondary N) is 2. The number of aromatic amines is 1. The molecule has 2 aromatic carbocycles. The van der Waals surface area contributed by atoms with Crippen LogP contribution in [0.4, 0.5) is 0 Å². The topological polar surface area (TPSA) is 95.2 Å². The molecule has 1 unspecified atom stereocenters. The van der Waals surface area contributed by atoms with E-state index in [9.17, 15) is 13.2 Å². The van der Waals surface area contributed by atoms with Crippen molar-refractivity contribution in [3.8, 4) is 11.4 Å². The Bertz CT molecular complexity index is 1230. The predicted octanol–water partition coefficient (Wildman–Crippen LogP) is 4.08. The number of imidazole rings is 1. The van der Waals surface area contributed by atoms with Crippen LogP contribution < -0.4 is 5.32 Å². The number of amides is 1. The van der Waals surface area contributed by atoms with Crippen molar-refractivity contribution in [3.63, 3.8) is 0 Å². The Morgan fingerprint density at radius 1 is 1.00 bits per heavy atom. The molecule has 1 amide bonds. The Labute approximate surface area is 194 Å². The number of piperidine rings is 1. The van der Waals surface area contributed by atoms with Crippen LogP contribution in [-0.4, -0.2) is 47.7 Å². The summed E-state index contributed by atoms with van der Waals surface area (Å²) in [5.41, 5.74) is 2.34. The van der Waals surface area contributed by atoms with Gasteiger partial charge in [-0.25, -0.2) is 13.4 Å². The van der Waals surface area contributed by atoms with E-state index >= 15 is 0 Å². The summed E-state index contributed by atoms with van der Waals surface area (Å²) >= 11 is 0. The van der Waals surface area contributed by atoms with Gasteiger partial charge in [0.15, 0.2) is 0 Å². The van der Waals surface area contributed by atoms with E-state index < -0.39 is 10.0 Å². The van der Waals surface area contributed by atoms with Crippen molar-refractivity contribution < 1.29 is 13.2 Å². The molecule has 1 saturated heterocycles. The van der Waals surface area contributed by atoms with Gasteiger partial charge in [-0.3, -0.25) is 4.79 Å². The van der Waals surface area contributed by atoms with Crippen molar-refractivity contribution in [2.75, 3.05) is 13.1 Å². The summed E-state index contributed by atoms with van der Waals surface area (Å²) in [6.07, 6.45) is 6.99. The van der Waals surface area contributed by atoms with Gasteiger partial charge in [0.05, 0.1) is 21.8 Å². The number of hydrogen-bond acceptors (Lipinski definition) is 4. The molecule has 2 fully saturated rings. The molecule has 3 aromatic rings. The van der Waals surface area contributed by atoms with Gasteiger partial charge < -0.3 is 10.3 Å². The average Bonchev–Trinajstić information content (AvgIpc) is 3.29. The Kier molecular flexibility index (Phi) is 6.21. The lowest BCUT2D eigenvalue weighted by Gasteiger charge is -2.32. The zero-order valence-corrected chi connectivity index (χ0v) is 19.5. The van der Waals surface area contributed by atoms with E-state index in [1.54, 1.807) is 18.2 Å². The van der Waals surface area contributed by atoms with Crippen LogP contribution in [0.1, 0.15) is 44.9 Å². The van der Waals surface area contributed by atoms with Crippen molar-refractivity contribution in [1.82, 2.24) is 19.6 Å². The summed E-state index contributed by atoms with van der Waals surface area (Å²) in [5, 5.41) is 3.17. The van der Waals surface area contributed by atoms with Crippen LogP contribution in [-0.2, 0) is 14.8 Å². The number of carbonyl (C=O) groups excluding carboxylic acids is 1. The molecule has 1 aliphatic carbocycles. The number of fused-ring (bicyclic) bond motifs is 1. The fourth-order valence-corrected chi connectivity index (χ4v) is 6.52. The minimum Gasteiger partial charge on any atom is -0.353 e.